The number of rotatable bonds is 8. The van der Waals surface area contributed by atoms with Crippen LogP contribution in [0.25, 0.3) is 0 Å². The second-order valence-corrected chi connectivity index (χ2v) is 7.93. The van der Waals surface area contributed by atoms with Crippen LogP contribution in [-0.2, 0) is 14.3 Å². The molecule has 5 nitrogen and oxygen atoms in total. The fourth-order valence-corrected chi connectivity index (χ4v) is 4.15. The van der Waals surface area contributed by atoms with Crippen molar-refractivity contribution in [2.45, 2.75) is 66.8 Å². The number of aliphatic imine (C=N–C) groups is 1. The van der Waals surface area contributed by atoms with Gasteiger partial charge >= 0.3 is 5.97 Å². The number of nitrogens with zero attached hydrogens (tertiary/aromatic N) is 2. The number of hydrogen-bond acceptors (Lipinski definition) is 4. The fraction of sp³-hybridized carbons (Fsp3) is 0.464. The van der Waals surface area contributed by atoms with Crippen LogP contribution in [0.5, 0.6) is 0 Å². The van der Waals surface area contributed by atoms with Gasteiger partial charge in [-0.15, -0.1) is 0 Å². The summed E-state index contributed by atoms with van der Waals surface area (Å²) in [4.78, 5) is 32.7. The van der Waals surface area contributed by atoms with Gasteiger partial charge in [-0.05, 0) is 31.9 Å². The Morgan fingerprint density at radius 2 is 1.73 bits per heavy atom. The molecular weight excluding hydrogens is 412 g/mol. The minimum atomic E-state index is -0.486. The van der Waals surface area contributed by atoms with E-state index in [2.05, 4.69) is 19.9 Å². The van der Waals surface area contributed by atoms with Crippen LogP contribution in [0.4, 0.5) is 5.69 Å². The lowest BCUT2D eigenvalue weighted by Gasteiger charge is -2.28. The van der Waals surface area contributed by atoms with E-state index in [-0.39, 0.29) is 30.8 Å². The number of esters is 1. The molecule has 0 spiro atoms. The number of aryl methyl sites for hydroxylation is 1. The van der Waals surface area contributed by atoms with Crippen molar-refractivity contribution in [1.29, 1.82) is 0 Å². The highest BCUT2D eigenvalue weighted by Crippen LogP contribution is 2.32. The zero-order chi connectivity index (χ0) is 24.4. The normalized spacial score (nSPS) is 15.2. The lowest BCUT2D eigenvalue weighted by atomic mass is 9.93. The van der Waals surface area contributed by atoms with Crippen molar-refractivity contribution in [3.8, 4) is 0 Å². The van der Waals surface area contributed by atoms with Crippen LogP contribution in [0.3, 0.4) is 0 Å². The first-order valence-electron chi connectivity index (χ1n) is 12.2. The Morgan fingerprint density at radius 1 is 1.06 bits per heavy atom. The first-order valence-corrected chi connectivity index (χ1v) is 12.2. The van der Waals surface area contributed by atoms with E-state index in [4.69, 9.17) is 9.73 Å². The highest BCUT2D eigenvalue weighted by atomic mass is 16.5. The second kappa shape index (κ2) is 12.9. The van der Waals surface area contributed by atoms with Crippen molar-refractivity contribution in [2.24, 2.45) is 10.9 Å². The molecule has 0 unspecified atom stereocenters. The zero-order valence-corrected chi connectivity index (χ0v) is 20.9. The standard InChI is InChI=1S/C26H32N2O3.C2H6/c1-5-19(6-2)25-26(30)28(16-15-23(29)31-7-3)22-14-13-18(4)17-21(22)24(27-25)20-11-9-8-10-12-20;1-2/h8-14,17,19,25H,5-7,15-16H2,1-4H3;1-2H3/t25-;/m0./s1. The van der Waals surface area contributed by atoms with Crippen LogP contribution in [0.15, 0.2) is 53.5 Å². The van der Waals surface area contributed by atoms with E-state index in [1.807, 2.05) is 63.2 Å². The van der Waals surface area contributed by atoms with Crippen molar-refractivity contribution in [1.82, 2.24) is 0 Å². The molecule has 1 amide bonds. The maximum absolute atomic E-state index is 13.8. The van der Waals surface area contributed by atoms with Crippen molar-refractivity contribution in [3.63, 3.8) is 0 Å². The van der Waals surface area contributed by atoms with E-state index in [0.717, 1.165) is 40.9 Å². The first-order chi connectivity index (χ1) is 16.0. The van der Waals surface area contributed by atoms with Crippen LogP contribution in [-0.4, -0.2) is 36.8 Å². The highest BCUT2D eigenvalue weighted by Gasteiger charge is 2.35. The Balaban J connectivity index is 0.00000187. The van der Waals surface area contributed by atoms with Gasteiger partial charge in [0.1, 0.15) is 6.04 Å². The van der Waals surface area contributed by atoms with Gasteiger partial charge < -0.3 is 9.64 Å². The molecule has 1 heterocycles. The van der Waals surface area contributed by atoms with E-state index in [0.29, 0.717) is 6.61 Å². The van der Waals surface area contributed by atoms with Crippen molar-refractivity contribution >= 4 is 23.3 Å². The molecule has 5 heteroatoms. The van der Waals surface area contributed by atoms with E-state index in [1.54, 1.807) is 11.8 Å². The minimum absolute atomic E-state index is 0.0472. The van der Waals surface area contributed by atoms with Crippen LogP contribution >= 0.6 is 0 Å². The average molecular weight is 451 g/mol. The summed E-state index contributed by atoms with van der Waals surface area (Å²) in [5.41, 5.74) is 4.66. The second-order valence-electron chi connectivity index (χ2n) is 7.93. The van der Waals surface area contributed by atoms with Gasteiger partial charge in [-0.2, -0.15) is 0 Å². The third-order valence-corrected chi connectivity index (χ3v) is 5.87. The van der Waals surface area contributed by atoms with Crippen molar-refractivity contribution in [2.75, 3.05) is 18.1 Å². The monoisotopic (exact) mass is 450 g/mol. The predicted octanol–water partition coefficient (Wildman–Crippen LogP) is 5.96. The van der Waals surface area contributed by atoms with Gasteiger partial charge in [0.15, 0.2) is 0 Å². The molecule has 1 atom stereocenters. The minimum Gasteiger partial charge on any atom is -0.466 e. The Labute approximate surface area is 198 Å². The molecule has 0 N–H and O–H groups in total. The average Bonchev–Trinajstić information content (AvgIpc) is 2.95. The number of carbonyl (C=O) groups is 2. The Hall–Kier alpha value is -2.95. The molecule has 0 aliphatic carbocycles. The molecule has 3 rings (SSSR count). The van der Waals surface area contributed by atoms with E-state index in [9.17, 15) is 9.59 Å². The lowest BCUT2D eigenvalue weighted by molar-refractivity contribution is -0.142. The molecule has 2 aromatic rings. The Morgan fingerprint density at radius 3 is 2.33 bits per heavy atom. The molecule has 1 aliphatic rings. The largest absolute Gasteiger partial charge is 0.466 e. The van der Waals surface area contributed by atoms with E-state index < -0.39 is 6.04 Å². The molecule has 1 aliphatic heterocycles. The van der Waals surface area contributed by atoms with Crippen LogP contribution in [0.2, 0.25) is 0 Å². The van der Waals surface area contributed by atoms with Gasteiger partial charge in [-0.25, -0.2) is 0 Å². The summed E-state index contributed by atoms with van der Waals surface area (Å²) in [6.45, 7) is 12.6. The number of benzene rings is 2. The maximum atomic E-state index is 13.8. The third-order valence-electron chi connectivity index (χ3n) is 5.87. The molecule has 178 valence electrons. The van der Waals surface area contributed by atoms with Crippen LogP contribution in [0, 0.1) is 12.8 Å². The molecule has 0 radical (unpaired) electrons. The molecular formula is C28H38N2O3. The predicted molar refractivity (Wildman–Crippen MR) is 136 cm³/mol. The number of amides is 1. The topological polar surface area (TPSA) is 59.0 Å². The summed E-state index contributed by atoms with van der Waals surface area (Å²) >= 11 is 0. The lowest BCUT2D eigenvalue weighted by Crippen LogP contribution is -2.42. The summed E-state index contributed by atoms with van der Waals surface area (Å²) in [6, 6.07) is 15.6. The van der Waals surface area contributed by atoms with E-state index in [1.165, 1.54) is 0 Å². The molecule has 0 fully saturated rings. The van der Waals surface area contributed by atoms with Crippen LogP contribution < -0.4 is 4.90 Å². The number of hydrogen-bond donors (Lipinski definition) is 0. The van der Waals surface area contributed by atoms with Gasteiger partial charge in [0.2, 0.25) is 0 Å². The Bertz CT molecular complexity index is 949. The molecule has 33 heavy (non-hydrogen) atoms. The van der Waals surface area contributed by atoms with Gasteiger partial charge in [0.25, 0.3) is 5.91 Å². The number of benzodiazepines with no additional fused rings is 1. The quantitative estimate of drug-likeness (QED) is 0.466. The van der Waals surface area contributed by atoms with E-state index >= 15 is 0 Å². The van der Waals surface area contributed by atoms with Crippen molar-refractivity contribution < 1.29 is 14.3 Å². The number of ether oxygens (including phenoxy) is 1. The maximum Gasteiger partial charge on any atom is 0.307 e. The number of fused-ring (bicyclic) bond motifs is 1. The molecule has 0 saturated carbocycles. The summed E-state index contributed by atoms with van der Waals surface area (Å²) in [6.07, 6.45) is 1.88. The first kappa shape index (κ1) is 26.3. The van der Waals surface area contributed by atoms with Gasteiger partial charge in [-0.1, -0.05) is 82.5 Å². The molecule has 0 aromatic heterocycles. The molecule has 0 saturated heterocycles. The third kappa shape index (κ3) is 6.31. The zero-order valence-electron chi connectivity index (χ0n) is 20.9. The summed E-state index contributed by atoms with van der Waals surface area (Å²) < 4.78 is 5.11. The molecule has 0 bridgehead atoms. The SMILES string of the molecule is CC.CCOC(=O)CCN1C(=O)[C@H](C(CC)CC)N=C(c2ccccc2)c2cc(C)ccc21. The smallest absolute Gasteiger partial charge is 0.307 e. The Kier molecular flexibility index (Phi) is 10.3. The fourth-order valence-electron chi connectivity index (χ4n) is 4.15. The number of anilines is 1. The summed E-state index contributed by atoms with van der Waals surface area (Å²) in [7, 11) is 0. The van der Waals surface area contributed by atoms with Gasteiger partial charge in [-0.3, -0.25) is 14.6 Å². The summed E-state index contributed by atoms with van der Waals surface area (Å²) in [5, 5.41) is 0. The van der Waals surface area contributed by atoms with Gasteiger partial charge in [0.05, 0.1) is 24.4 Å². The van der Waals surface area contributed by atoms with Crippen molar-refractivity contribution in [3.05, 3.63) is 65.2 Å². The highest BCUT2D eigenvalue weighted by molar-refractivity contribution is 6.20. The molecule has 2 aromatic carbocycles. The van der Waals surface area contributed by atoms with Gasteiger partial charge in [0, 0.05) is 17.7 Å². The van der Waals surface area contributed by atoms with Crippen LogP contribution in [0.1, 0.15) is 70.6 Å². The number of carbonyl (C=O) groups excluding carboxylic acids is 2. The summed E-state index contributed by atoms with van der Waals surface area (Å²) in [5.74, 6) is -0.211.